The number of rotatable bonds is 8. The molecule has 1 nitrogen and oxygen atoms in total. The zero-order chi connectivity index (χ0) is 14.2. The van der Waals surface area contributed by atoms with Crippen LogP contribution in [0.5, 0.6) is 0 Å². The summed E-state index contributed by atoms with van der Waals surface area (Å²) in [6, 6.07) is 12.9. The minimum atomic E-state index is 0.364. The van der Waals surface area contributed by atoms with Crippen LogP contribution in [0.2, 0.25) is 5.02 Å². The molecule has 0 aliphatic carbocycles. The highest BCUT2D eigenvalue weighted by molar-refractivity contribution is 7.09. The number of nitrogens with one attached hydrogen (secondary N) is 1. The zero-order valence-electron chi connectivity index (χ0n) is 11.9. The van der Waals surface area contributed by atoms with Gasteiger partial charge in [0, 0.05) is 15.9 Å². The Kier molecular flexibility index (Phi) is 6.58. The molecule has 0 amide bonds. The topological polar surface area (TPSA) is 12.0 Å². The van der Waals surface area contributed by atoms with Crippen molar-refractivity contribution in [2.24, 2.45) is 0 Å². The van der Waals surface area contributed by atoms with Crippen molar-refractivity contribution in [3.8, 4) is 0 Å². The third-order valence-electron chi connectivity index (χ3n) is 3.42. The molecular formula is C17H22ClNS. The Hall–Kier alpha value is -0.830. The van der Waals surface area contributed by atoms with Crippen molar-refractivity contribution in [1.29, 1.82) is 0 Å². The second-order valence-corrected chi connectivity index (χ2v) is 6.44. The highest BCUT2D eigenvalue weighted by Gasteiger charge is 2.13. The van der Waals surface area contributed by atoms with Crippen LogP contribution in [-0.2, 0) is 6.42 Å². The lowest BCUT2D eigenvalue weighted by molar-refractivity contribution is 0.485. The Labute approximate surface area is 131 Å². The molecule has 108 valence electrons. The monoisotopic (exact) mass is 307 g/mol. The lowest BCUT2D eigenvalue weighted by Gasteiger charge is -2.20. The van der Waals surface area contributed by atoms with Crippen LogP contribution in [0.15, 0.2) is 41.8 Å². The summed E-state index contributed by atoms with van der Waals surface area (Å²) in [4.78, 5) is 1.47. The van der Waals surface area contributed by atoms with Crippen LogP contribution in [0, 0.1) is 0 Å². The molecule has 0 radical (unpaired) electrons. The quantitative estimate of drug-likeness (QED) is 0.682. The summed E-state index contributed by atoms with van der Waals surface area (Å²) < 4.78 is 0. The molecule has 2 aromatic rings. The van der Waals surface area contributed by atoms with Gasteiger partial charge in [0.2, 0.25) is 0 Å². The van der Waals surface area contributed by atoms with Gasteiger partial charge >= 0.3 is 0 Å². The van der Waals surface area contributed by atoms with Crippen LogP contribution in [0.3, 0.4) is 0 Å². The maximum Gasteiger partial charge on any atom is 0.0453 e. The number of hydrogen-bond acceptors (Lipinski definition) is 2. The van der Waals surface area contributed by atoms with Gasteiger partial charge in [-0.05, 0) is 55.3 Å². The predicted molar refractivity (Wildman–Crippen MR) is 89.7 cm³/mol. The van der Waals surface area contributed by atoms with Crippen LogP contribution < -0.4 is 5.32 Å². The van der Waals surface area contributed by atoms with E-state index in [2.05, 4.69) is 41.9 Å². The second-order valence-electron chi connectivity index (χ2n) is 5.00. The first-order chi connectivity index (χ1) is 9.81. The minimum Gasteiger partial charge on any atom is -0.310 e. The number of hydrogen-bond donors (Lipinski definition) is 1. The summed E-state index contributed by atoms with van der Waals surface area (Å²) in [5, 5.41) is 6.65. The normalized spacial score (nSPS) is 12.5. The molecular weight excluding hydrogens is 286 g/mol. The summed E-state index contributed by atoms with van der Waals surface area (Å²) >= 11 is 8.18. The fourth-order valence-electron chi connectivity index (χ4n) is 2.38. The van der Waals surface area contributed by atoms with Crippen LogP contribution >= 0.6 is 22.9 Å². The van der Waals surface area contributed by atoms with Crippen molar-refractivity contribution in [2.75, 3.05) is 6.54 Å². The molecule has 0 bridgehead atoms. The number of benzene rings is 1. The van der Waals surface area contributed by atoms with E-state index < -0.39 is 0 Å². The standard InChI is InChI=1S/C17H22ClNS/c1-2-12-19-17(15-9-3-4-10-16(15)18)11-5-7-14-8-6-13-20-14/h3-4,6,8-10,13,17,19H,2,5,7,11-12H2,1H3. The molecule has 1 N–H and O–H groups in total. The van der Waals surface area contributed by atoms with Crippen LogP contribution in [0.25, 0.3) is 0 Å². The third kappa shape index (κ3) is 4.62. The fourth-order valence-corrected chi connectivity index (χ4v) is 3.40. The number of halogens is 1. The summed E-state index contributed by atoms with van der Waals surface area (Å²) in [6.07, 6.45) is 4.62. The zero-order valence-corrected chi connectivity index (χ0v) is 13.5. The van der Waals surface area contributed by atoms with Crippen LogP contribution in [-0.4, -0.2) is 6.54 Å². The Morgan fingerprint density at radius 3 is 2.75 bits per heavy atom. The van der Waals surface area contributed by atoms with Gasteiger partial charge in [-0.3, -0.25) is 0 Å². The lowest BCUT2D eigenvalue weighted by Crippen LogP contribution is -2.22. The molecule has 3 heteroatoms. The first kappa shape index (κ1) is 15.6. The molecule has 0 aliphatic heterocycles. The molecule has 1 aromatic carbocycles. The average molecular weight is 308 g/mol. The largest absolute Gasteiger partial charge is 0.310 e. The van der Waals surface area contributed by atoms with Crippen molar-refractivity contribution in [3.05, 3.63) is 57.2 Å². The van der Waals surface area contributed by atoms with Crippen molar-refractivity contribution in [3.63, 3.8) is 0 Å². The Bertz CT molecular complexity index is 495. The highest BCUT2D eigenvalue weighted by atomic mass is 35.5. The van der Waals surface area contributed by atoms with E-state index in [-0.39, 0.29) is 0 Å². The molecule has 0 fully saturated rings. The van der Waals surface area contributed by atoms with E-state index in [0.717, 1.165) is 30.8 Å². The fraction of sp³-hybridized carbons (Fsp3) is 0.412. The minimum absolute atomic E-state index is 0.364. The van der Waals surface area contributed by atoms with E-state index in [4.69, 9.17) is 11.6 Å². The van der Waals surface area contributed by atoms with Crippen molar-refractivity contribution in [1.82, 2.24) is 5.32 Å². The number of thiophene rings is 1. The van der Waals surface area contributed by atoms with Gasteiger partial charge in [0.25, 0.3) is 0 Å². The van der Waals surface area contributed by atoms with Crippen molar-refractivity contribution in [2.45, 2.75) is 38.6 Å². The lowest BCUT2D eigenvalue weighted by atomic mass is 10.0. The maximum absolute atomic E-state index is 6.34. The molecule has 1 atom stereocenters. The van der Waals surface area contributed by atoms with E-state index in [1.807, 2.05) is 23.5 Å². The first-order valence-electron chi connectivity index (χ1n) is 7.31. The van der Waals surface area contributed by atoms with Crippen molar-refractivity contribution < 1.29 is 0 Å². The molecule has 0 aliphatic rings. The van der Waals surface area contributed by atoms with E-state index in [1.54, 1.807) is 0 Å². The molecule has 1 aromatic heterocycles. The SMILES string of the molecule is CCCNC(CCCc1cccs1)c1ccccc1Cl. The molecule has 0 spiro atoms. The van der Waals surface area contributed by atoms with Gasteiger partial charge in [0.15, 0.2) is 0 Å². The highest BCUT2D eigenvalue weighted by Crippen LogP contribution is 2.27. The van der Waals surface area contributed by atoms with E-state index in [9.17, 15) is 0 Å². The summed E-state index contributed by atoms with van der Waals surface area (Å²) in [5.41, 5.74) is 1.23. The summed E-state index contributed by atoms with van der Waals surface area (Å²) in [5.74, 6) is 0. The van der Waals surface area contributed by atoms with E-state index in [0.29, 0.717) is 6.04 Å². The molecule has 20 heavy (non-hydrogen) atoms. The van der Waals surface area contributed by atoms with Gasteiger partial charge < -0.3 is 5.32 Å². The smallest absolute Gasteiger partial charge is 0.0453 e. The average Bonchev–Trinajstić information content (AvgIpc) is 2.97. The van der Waals surface area contributed by atoms with Gasteiger partial charge in [-0.2, -0.15) is 0 Å². The summed E-state index contributed by atoms with van der Waals surface area (Å²) in [7, 11) is 0. The van der Waals surface area contributed by atoms with Gasteiger partial charge in [0.05, 0.1) is 0 Å². The summed E-state index contributed by atoms with van der Waals surface area (Å²) in [6.45, 7) is 3.23. The Balaban J connectivity index is 1.95. The predicted octanol–water partition coefficient (Wildman–Crippen LogP) is 5.47. The molecule has 0 saturated heterocycles. The number of aryl methyl sites for hydroxylation is 1. The molecule has 1 unspecified atom stereocenters. The third-order valence-corrected chi connectivity index (χ3v) is 4.70. The van der Waals surface area contributed by atoms with E-state index >= 15 is 0 Å². The Morgan fingerprint density at radius 2 is 2.05 bits per heavy atom. The van der Waals surface area contributed by atoms with Crippen LogP contribution in [0.1, 0.15) is 42.7 Å². The van der Waals surface area contributed by atoms with Gasteiger partial charge in [-0.15, -0.1) is 11.3 Å². The van der Waals surface area contributed by atoms with Crippen LogP contribution in [0.4, 0.5) is 0 Å². The van der Waals surface area contributed by atoms with Gasteiger partial charge in [-0.25, -0.2) is 0 Å². The molecule has 0 saturated carbocycles. The molecule has 1 heterocycles. The first-order valence-corrected chi connectivity index (χ1v) is 8.57. The maximum atomic E-state index is 6.34. The van der Waals surface area contributed by atoms with Gasteiger partial charge in [0.1, 0.15) is 0 Å². The van der Waals surface area contributed by atoms with Crippen molar-refractivity contribution >= 4 is 22.9 Å². The second kappa shape index (κ2) is 8.46. The molecule has 2 rings (SSSR count). The van der Waals surface area contributed by atoms with E-state index in [1.165, 1.54) is 16.9 Å². The Morgan fingerprint density at radius 1 is 1.20 bits per heavy atom. The van der Waals surface area contributed by atoms with Gasteiger partial charge in [-0.1, -0.05) is 42.8 Å².